The Hall–Kier alpha value is -1.45. The largest absolute Gasteiger partial charge is 1.00 e. The SMILES string of the molecule is CCCCCCCCCCC/C=C/OC(=O)c1ccc(S(=O)(=O)[O-])cc1C(=O)O/C=C/CCCCCCCCCCC.[Na+]. The average Bonchev–Trinajstić information content (AvgIpc) is 2.97. The van der Waals surface area contributed by atoms with Crippen LogP contribution in [0.25, 0.3) is 0 Å². The molecule has 1 rings (SSSR count). The van der Waals surface area contributed by atoms with E-state index in [2.05, 4.69) is 13.8 Å². The van der Waals surface area contributed by atoms with Crippen LogP contribution in [0.4, 0.5) is 0 Å². The van der Waals surface area contributed by atoms with Crippen LogP contribution in [0.15, 0.2) is 47.8 Å². The van der Waals surface area contributed by atoms with Crippen molar-refractivity contribution < 1.29 is 61.6 Å². The standard InChI is InChI=1S/C34H54O7S.Na/c1-3-5-7-9-11-13-15-17-19-21-23-27-40-33(35)31-26-25-30(42(37,38)39)29-32(31)34(36)41-28-24-22-20-18-16-14-12-10-8-6-4-2;/h23-29H,3-22H2,1-2H3,(H,37,38,39);/q;+1/p-1/b27-23+,28-24+;. The molecule has 9 heteroatoms. The molecule has 1 aromatic rings. The average molecular weight is 629 g/mol. The van der Waals surface area contributed by atoms with Crippen LogP contribution in [-0.2, 0) is 19.6 Å². The van der Waals surface area contributed by atoms with Crippen LogP contribution in [0, 0.1) is 0 Å². The number of carbonyl (C=O) groups is 2. The fourth-order valence-electron chi connectivity index (χ4n) is 4.65. The Kier molecular flexibility index (Phi) is 26.0. The van der Waals surface area contributed by atoms with E-state index in [-0.39, 0.29) is 40.7 Å². The first-order chi connectivity index (χ1) is 20.3. The van der Waals surface area contributed by atoms with Crippen molar-refractivity contribution in [3.8, 4) is 0 Å². The van der Waals surface area contributed by atoms with Crippen molar-refractivity contribution in [2.45, 2.75) is 147 Å². The molecule has 0 saturated carbocycles. The van der Waals surface area contributed by atoms with Gasteiger partial charge in [0.05, 0.1) is 28.5 Å². The van der Waals surface area contributed by atoms with Gasteiger partial charge in [0, 0.05) is 0 Å². The van der Waals surface area contributed by atoms with Gasteiger partial charge in [-0.05, 0) is 56.0 Å². The molecule has 0 atom stereocenters. The molecule has 0 aliphatic carbocycles. The van der Waals surface area contributed by atoms with Gasteiger partial charge in [0.15, 0.2) is 0 Å². The van der Waals surface area contributed by atoms with Gasteiger partial charge in [-0.1, -0.05) is 117 Å². The molecular weight excluding hydrogens is 575 g/mol. The van der Waals surface area contributed by atoms with Gasteiger partial charge in [0.25, 0.3) is 0 Å². The summed E-state index contributed by atoms with van der Waals surface area (Å²) in [4.78, 5) is 24.8. The van der Waals surface area contributed by atoms with Crippen LogP contribution in [0.2, 0.25) is 0 Å². The zero-order valence-corrected chi connectivity index (χ0v) is 29.8. The Labute approximate surface area is 283 Å². The van der Waals surface area contributed by atoms with Gasteiger partial charge in [-0.15, -0.1) is 0 Å². The molecule has 0 aliphatic rings. The Morgan fingerprint density at radius 1 is 0.628 bits per heavy atom. The molecule has 0 aliphatic heterocycles. The summed E-state index contributed by atoms with van der Waals surface area (Å²) in [6.45, 7) is 4.43. The van der Waals surface area contributed by atoms with Crippen LogP contribution in [0.5, 0.6) is 0 Å². The molecule has 0 heterocycles. The van der Waals surface area contributed by atoms with E-state index >= 15 is 0 Å². The van der Waals surface area contributed by atoms with Crippen molar-refractivity contribution in [3.05, 3.63) is 54.0 Å². The van der Waals surface area contributed by atoms with E-state index in [4.69, 9.17) is 9.47 Å². The summed E-state index contributed by atoms with van der Waals surface area (Å²) in [6.07, 6.45) is 29.4. The zero-order chi connectivity index (χ0) is 30.9. The number of ether oxygens (including phenoxy) is 2. The van der Waals surface area contributed by atoms with Crippen LogP contribution < -0.4 is 29.6 Å². The van der Waals surface area contributed by atoms with Crippen molar-refractivity contribution >= 4 is 22.1 Å². The third-order valence-corrected chi connectivity index (χ3v) is 8.04. The zero-order valence-electron chi connectivity index (χ0n) is 26.9. The molecule has 0 fully saturated rings. The van der Waals surface area contributed by atoms with E-state index in [0.717, 1.165) is 56.7 Å². The second-order valence-electron chi connectivity index (χ2n) is 10.9. The van der Waals surface area contributed by atoms with Crippen molar-refractivity contribution in [1.82, 2.24) is 0 Å². The molecule has 238 valence electrons. The van der Waals surface area contributed by atoms with Crippen molar-refractivity contribution in [2.24, 2.45) is 0 Å². The quantitative estimate of drug-likeness (QED) is 0.0386. The Bertz CT molecular complexity index is 1050. The van der Waals surface area contributed by atoms with Crippen LogP contribution in [0.1, 0.15) is 163 Å². The summed E-state index contributed by atoms with van der Waals surface area (Å²) >= 11 is 0. The Balaban J connectivity index is 0.0000176. The number of allylic oxidation sites excluding steroid dienone is 2. The smallest absolute Gasteiger partial charge is 0.744 e. The molecule has 0 unspecified atom stereocenters. The van der Waals surface area contributed by atoms with E-state index in [1.807, 2.05) is 0 Å². The third-order valence-electron chi connectivity index (χ3n) is 7.21. The van der Waals surface area contributed by atoms with Gasteiger partial charge >= 0.3 is 41.5 Å². The molecule has 0 bridgehead atoms. The topological polar surface area (TPSA) is 110 Å². The monoisotopic (exact) mass is 628 g/mol. The second kappa shape index (κ2) is 26.9. The molecule has 0 saturated heterocycles. The number of rotatable bonds is 25. The Morgan fingerprint density at radius 3 is 1.40 bits per heavy atom. The predicted octanol–water partition coefficient (Wildman–Crippen LogP) is 6.78. The number of benzene rings is 1. The van der Waals surface area contributed by atoms with E-state index in [9.17, 15) is 22.6 Å². The van der Waals surface area contributed by atoms with Gasteiger partial charge in [0.2, 0.25) is 0 Å². The first kappa shape index (κ1) is 41.5. The number of esters is 2. The van der Waals surface area contributed by atoms with Gasteiger partial charge in [0.1, 0.15) is 10.1 Å². The van der Waals surface area contributed by atoms with Crippen molar-refractivity contribution in [3.63, 3.8) is 0 Å². The maximum atomic E-state index is 12.7. The van der Waals surface area contributed by atoms with Crippen LogP contribution >= 0.6 is 0 Å². The molecule has 0 aromatic heterocycles. The second-order valence-corrected chi connectivity index (χ2v) is 12.3. The summed E-state index contributed by atoms with van der Waals surface area (Å²) in [5, 5.41) is 0. The summed E-state index contributed by atoms with van der Waals surface area (Å²) < 4.78 is 44.8. The normalized spacial score (nSPS) is 11.6. The molecule has 0 amide bonds. The summed E-state index contributed by atoms with van der Waals surface area (Å²) in [5.74, 6) is -1.77. The Morgan fingerprint density at radius 2 is 1.00 bits per heavy atom. The minimum atomic E-state index is -4.83. The summed E-state index contributed by atoms with van der Waals surface area (Å²) in [6, 6.07) is 2.95. The minimum Gasteiger partial charge on any atom is -0.744 e. The van der Waals surface area contributed by atoms with Crippen molar-refractivity contribution in [1.29, 1.82) is 0 Å². The van der Waals surface area contributed by atoms with Gasteiger partial charge in [-0.25, -0.2) is 18.0 Å². The van der Waals surface area contributed by atoms with Gasteiger partial charge < -0.3 is 14.0 Å². The first-order valence-electron chi connectivity index (χ1n) is 16.1. The fourth-order valence-corrected chi connectivity index (χ4v) is 5.15. The fraction of sp³-hybridized carbons (Fsp3) is 0.647. The molecule has 1 aromatic carbocycles. The molecular formula is C34H53NaO7S. The maximum Gasteiger partial charge on any atom is 1.00 e. The van der Waals surface area contributed by atoms with Crippen LogP contribution in [-0.4, -0.2) is 24.9 Å². The molecule has 7 nitrogen and oxygen atoms in total. The number of carbonyl (C=O) groups excluding carboxylic acids is 2. The van der Waals surface area contributed by atoms with Crippen LogP contribution in [0.3, 0.4) is 0 Å². The molecule has 0 radical (unpaired) electrons. The van der Waals surface area contributed by atoms with E-state index in [1.165, 1.54) is 102 Å². The maximum absolute atomic E-state index is 12.7. The van der Waals surface area contributed by atoms with Gasteiger partial charge in [-0.3, -0.25) is 0 Å². The number of unbranched alkanes of at least 4 members (excludes halogenated alkanes) is 18. The van der Waals surface area contributed by atoms with E-state index < -0.39 is 27.0 Å². The summed E-state index contributed by atoms with van der Waals surface area (Å²) in [7, 11) is -4.83. The van der Waals surface area contributed by atoms with E-state index in [0.29, 0.717) is 0 Å². The molecule has 43 heavy (non-hydrogen) atoms. The van der Waals surface area contributed by atoms with Crippen molar-refractivity contribution in [2.75, 3.05) is 0 Å². The minimum absolute atomic E-state index is 0. The summed E-state index contributed by atoms with van der Waals surface area (Å²) in [5.41, 5.74) is -0.510. The number of hydrogen-bond acceptors (Lipinski definition) is 7. The first-order valence-corrected chi connectivity index (χ1v) is 17.5. The predicted molar refractivity (Wildman–Crippen MR) is 167 cm³/mol. The van der Waals surface area contributed by atoms with Gasteiger partial charge in [-0.2, -0.15) is 0 Å². The van der Waals surface area contributed by atoms with E-state index in [1.54, 1.807) is 12.2 Å². The molecule has 0 N–H and O–H groups in total. The third kappa shape index (κ3) is 21.0. The molecule has 0 spiro atoms. The number of hydrogen-bond donors (Lipinski definition) is 0.